The summed E-state index contributed by atoms with van der Waals surface area (Å²) in [5.74, 6) is 3.19. The molecule has 3 rings (SSSR count). The van der Waals surface area contributed by atoms with Gasteiger partial charge in [-0.25, -0.2) is 0 Å². The maximum absolute atomic E-state index is 14.5. The minimum Gasteiger partial charge on any atom is -0.195 e. The molecule has 3 aromatic carbocycles. The summed E-state index contributed by atoms with van der Waals surface area (Å²) in [4.78, 5) is 3.84. The van der Waals surface area contributed by atoms with E-state index in [-0.39, 0.29) is 5.56 Å². The van der Waals surface area contributed by atoms with Crippen LogP contribution in [0.1, 0.15) is 11.1 Å². The van der Waals surface area contributed by atoms with Gasteiger partial charge in [-0.05, 0) is 24.4 Å². The van der Waals surface area contributed by atoms with Gasteiger partial charge >= 0.3 is 136 Å². The van der Waals surface area contributed by atoms with Gasteiger partial charge < -0.3 is 0 Å². The van der Waals surface area contributed by atoms with Crippen molar-refractivity contribution in [1.29, 1.82) is 0 Å². The van der Waals surface area contributed by atoms with Gasteiger partial charge in [0.15, 0.2) is 0 Å². The first-order valence-corrected chi connectivity index (χ1v) is 10.4. The predicted molar refractivity (Wildman–Crippen MR) is 104 cm³/mol. The van der Waals surface area contributed by atoms with Crippen LogP contribution in [-0.4, -0.2) is 30.9 Å². The zero-order valence-corrected chi connectivity index (χ0v) is 19.1. The van der Waals surface area contributed by atoms with E-state index < -0.39 is 17.5 Å². The van der Waals surface area contributed by atoms with Crippen molar-refractivity contribution in [3.8, 4) is 23.0 Å². The quantitative estimate of drug-likeness (QED) is 0.189. The molecule has 0 aliphatic carbocycles. The molecule has 0 fully saturated rings. The maximum atomic E-state index is 14.5. The van der Waals surface area contributed by atoms with Crippen LogP contribution in [0.25, 0.3) is 11.1 Å². The Bertz CT molecular complexity index is 1100. The monoisotopic (exact) mass is 569 g/mol. The molecule has 0 atom stereocenters. The second kappa shape index (κ2) is 8.61. The van der Waals surface area contributed by atoms with E-state index >= 15 is 0 Å². The molecule has 0 aromatic heterocycles. The molecule has 0 aliphatic heterocycles. The average molecular weight is 569 g/mol. The molecule has 27 heavy (non-hydrogen) atoms. The van der Waals surface area contributed by atoms with Crippen LogP contribution in [-0.2, 0) is 0 Å². The Morgan fingerprint density at radius 3 is 2.07 bits per heavy atom. The molecule has 0 bridgehead atoms. The van der Waals surface area contributed by atoms with Crippen LogP contribution in [0.2, 0.25) is 0 Å². The number of isothiocyanates is 1. The molecular formula is C21H9F3NSTl. The number of hydrogen-bond donors (Lipinski definition) is 0. The van der Waals surface area contributed by atoms with Gasteiger partial charge in [0.2, 0.25) is 0 Å². The first kappa shape index (κ1) is 19.5. The minimum atomic E-state index is -0.698. The zero-order valence-electron chi connectivity index (χ0n) is 13.8. The molecule has 0 saturated heterocycles. The molecular weight excluding hydrogens is 560 g/mol. The van der Waals surface area contributed by atoms with Gasteiger partial charge in [0, 0.05) is 0 Å². The molecule has 0 saturated carbocycles. The van der Waals surface area contributed by atoms with Gasteiger partial charge in [-0.1, -0.05) is 0 Å². The Balaban J connectivity index is 1.91. The number of halogens is 3. The standard InChI is InChI=1S/C21H9F3NS.Tl/c22-19-2-1-3-20(23)18(19)11-5-14-4-10-17(21(24)12-14)15-6-8-16(9-7-15)25-13-26;/h2-4,6-10,12H;. The second-order valence-corrected chi connectivity index (χ2v) is 8.33. The summed E-state index contributed by atoms with van der Waals surface area (Å²) in [5.41, 5.74) is 1.70. The van der Waals surface area contributed by atoms with Crippen molar-refractivity contribution >= 4 is 52.0 Å². The summed E-state index contributed by atoms with van der Waals surface area (Å²) in [7, 11) is 0. The van der Waals surface area contributed by atoms with Crippen LogP contribution >= 0.6 is 12.2 Å². The Morgan fingerprint density at radius 2 is 1.48 bits per heavy atom. The summed E-state index contributed by atoms with van der Waals surface area (Å²) in [6.07, 6.45) is 0. The number of hydrogen-bond acceptors (Lipinski definition) is 2. The van der Waals surface area contributed by atoms with Crippen molar-refractivity contribution in [1.82, 2.24) is 0 Å². The molecule has 1 nitrogen and oxygen atoms in total. The molecule has 128 valence electrons. The second-order valence-electron chi connectivity index (χ2n) is 5.55. The van der Waals surface area contributed by atoms with Crippen LogP contribution in [0.5, 0.6) is 0 Å². The van der Waals surface area contributed by atoms with Crippen molar-refractivity contribution in [2.75, 3.05) is 0 Å². The Hall–Kier alpha value is -2.27. The third kappa shape index (κ3) is 4.72. The van der Waals surface area contributed by atoms with E-state index in [9.17, 15) is 13.2 Å². The van der Waals surface area contributed by atoms with E-state index in [1.54, 1.807) is 36.4 Å². The smallest absolute Gasteiger partial charge is 0.195 e. The molecule has 3 aromatic rings. The summed E-state index contributed by atoms with van der Waals surface area (Å²) in [6.45, 7) is 0. The van der Waals surface area contributed by atoms with Crippen LogP contribution in [0.4, 0.5) is 18.9 Å². The zero-order chi connectivity index (χ0) is 19.4. The summed E-state index contributed by atoms with van der Waals surface area (Å²) < 4.78 is 42.8. The molecule has 0 aliphatic rings. The van der Waals surface area contributed by atoms with Crippen LogP contribution in [0.3, 0.4) is 0 Å². The van der Waals surface area contributed by atoms with Crippen molar-refractivity contribution in [3.63, 3.8) is 0 Å². The SMILES string of the molecule is Fc1cc(C#Cc2c(F)c[c]([Tl])cc2F)ccc1-c1ccc(N=C=S)cc1. The molecule has 0 radical (unpaired) electrons. The number of thiocarbonyl (C=S) groups is 1. The van der Waals surface area contributed by atoms with Crippen LogP contribution in [0.15, 0.2) is 59.6 Å². The van der Waals surface area contributed by atoms with E-state index in [0.29, 0.717) is 51.3 Å². The van der Waals surface area contributed by atoms with E-state index in [2.05, 4.69) is 34.2 Å². The van der Waals surface area contributed by atoms with Gasteiger partial charge in [-0.3, -0.25) is 0 Å². The third-order valence-corrected chi connectivity index (χ3v) is 5.11. The minimum absolute atomic E-state index is 0.307. The van der Waals surface area contributed by atoms with Crippen molar-refractivity contribution < 1.29 is 13.2 Å². The number of rotatable bonds is 2. The number of nitrogens with zero attached hydrogens (tertiary/aromatic N) is 1. The molecule has 0 spiro atoms. The van der Waals surface area contributed by atoms with E-state index in [4.69, 9.17) is 0 Å². The fraction of sp³-hybridized carbons (Fsp3) is 0. The molecule has 0 amide bonds. The number of aliphatic imine (C=N–C) groups is 1. The summed E-state index contributed by atoms with van der Waals surface area (Å²) in [6, 6.07) is 13.8. The molecule has 0 N–H and O–H groups in total. The average Bonchev–Trinajstić information content (AvgIpc) is 2.62. The Morgan fingerprint density at radius 1 is 0.815 bits per heavy atom. The predicted octanol–water partition coefficient (Wildman–Crippen LogP) is 4.70. The van der Waals surface area contributed by atoms with E-state index in [0.717, 1.165) is 0 Å². The van der Waals surface area contributed by atoms with Crippen molar-refractivity contribution in [3.05, 3.63) is 83.2 Å². The van der Waals surface area contributed by atoms with E-state index in [1.165, 1.54) is 18.2 Å². The van der Waals surface area contributed by atoms with Crippen molar-refractivity contribution in [2.24, 2.45) is 4.99 Å². The third-order valence-electron chi connectivity index (χ3n) is 3.72. The van der Waals surface area contributed by atoms with Crippen LogP contribution in [0, 0.1) is 29.3 Å². The Kier molecular flexibility index (Phi) is 6.22. The Labute approximate surface area is 175 Å². The summed E-state index contributed by atoms with van der Waals surface area (Å²) in [5, 5.41) is 2.27. The molecule has 0 unspecified atom stereocenters. The normalized spacial score (nSPS) is 9.85. The van der Waals surface area contributed by atoms with Gasteiger partial charge in [-0.15, -0.1) is 0 Å². The topological polar surface area (TPSA) is 12.4 Å². The fourth-order valence-corrected chi connectivity index (χ4v) is 3.69. The van der Waals surface area contributed by atoms with Crippen molar-refractivity contribution in [2.45, 2.75) is 0 Å². The van der Waals surface area contributed by atoms with Gasteiger partial charge in [0.05, 0.1) is 10.8 Å². The molecule has 6 heteroatoms. The van der Waals surface area contributed by atoms with Gasteiger partial charge in [0.25, 0.3) is 0 Å². The van der Waals surface area contributed by atoms with E-state index in [1.807, 2.05) is 0 Å². The first-order chi connectivity index (χ1) is 13.0. The fourth-order valence-electron chi connectivity index (χ4n) is 2.44. The summed E-state index contributed by atoms with van der Waals surface area (Å²) >= 11 is 4.88. The first-order valence-electron chi connectivity index (χ1n) is 7.72. The number of benzene rings is 3. The van der Waals surface area contributed by atoms with Gasteiger partial charge in [-0.2, -0.15) is 4.99 Å². The van der Waals surface area contributed by atoms with Crippen LogP contribution < -0.4 is 3.12 Å². The van der Waals surface area contributed by atoms with Gasteiger partial charge in [0.1, 0.15) is 0 Å². The molecule has 0 heterocycles.